The second kappa shape index (κ2) is 13.6. The van der Waals surface area contributed by atoms with Gasteiger partial charge in [-0.05, 0) is 47.9 Å². The second-order valence-electron chi connectivity index (χ2n) is 9.25. The topological polar surface area (TPSA) is 86.8 Å². The van der Waals surface area contributed by atoms with E-state index in [0.29, 0.717) is 67.1 Å². The van der Waals surface area contributed by atoms with E-state index >= 15 is 0 Å². The Bertz CT molecular complexity index is 1370. The van der Waals surface area contributed by atoms with Crippen molar-refractivity contribution < 1.29 is 33.3 Å². The maximum absolute atomic E-state index is 13.5. The van der Waals surface area contributed by atoms with Crippen molar-refractivity contribution >= 4 is 17.4 Å². The Morgan fingerprint density at radius 2 is 1.27 bits per heavy atom. The average Bonchev–Trinajstić information content (AvgIpc) is 3.03. The molecule has 0 aromatic heterocycles. The number of hydrogen-bond acceptors (Lipinski definition) is 7. The molecule has 216 valence electrons. The van der Waals surface area contributed by atoms with Gasteiger partial charge < -0.3 is 33.5 Å². The first-order chi connectivity index (χ1) is 19.9. The Morgan fingerprint density at radius 1 is 0.683 bits per heavy atom. The third-order valence-corrected chi connectivity index (χ3v) is 6.92. The molecule has 1 saturated heterocycles. The molecule has 0 spiro atoms. The summed E-state index contributed by atoms with van der Waals surface area (Å²) in [5, 5.41) is 0. The molecule has 1 heterocycles. The minimum atomic E-state index is -0.168. The predicted molar refractivity (Wildman–Crippen MR) is 156 cm³/mol. The van der Waals surface area contributed by atoms with E-state index in [9.17, 15) is 9.59 Å². The van der Waals surface area contributed by atoms with Gasteiger partial charge in [-0.1, -0.05) is 36.4 Å². The summed E-state index contributed by atoms with van der Waals surface area (Å²) in [7, 11) is 6.13. The van der Waals surface area contributed by atoms with Crippen LogP contribution in [0, 0.1) is 0 Å². The lowest BCUT2D eigenvalue weighted by atomic mass is 9.96. The van der Waals surface area contributed by atoms with Gasteiger partial charge in [-0.25, -0.2) is 0 Å². The number of carbonyl (C=O) groups is 2. The maximum Gasteiger partial charge on any atom is 0.254 e. The molecule has 3 aromatic rings. The van der Waals surface area contributed by atoms with Crippen LogP contribution in [0.2, 0.25) is 0 Å². The van der Waals surface area contributed by atoms with Crippen LogP contribution >= 0.6 is 0 Å². The summed E-state index contributed by atoms with van der Waals surface area (Å²) in [5.41, 5.74) is 2.94. The highest BCUT2D eigenvalue weighted by atomic mass is 16.5. The monoisotopic (exact) mass is 560 g/mol. The zero-order chi connectivity index (χ0) is 29.4. The first kappa shape index (κ1) is 29.3. The van der Waals surface area contributed by atoms with Gasteiger partial charge in [0.2, 0.25) is 11.7 Å². The van der Waals surface area contributed by atoms with Gasteiger partial charge >= 0.3 is 0 Å². The summed E-state index contributed by atoms with van der Waals surface area (Å²) in [6.45, 7) is 4.03. The molecule has 3 aromatic carbocycles. The van der Waals surface area contributed by atoms with Crippen LogP contribution < -0.4 is 23.7 Å². The molecule has 0 radical (unpaired) electrons. The molecule has 41 heavy (non-hydrogen) atoms. The number of methoxy groups -OCH3 is 4. The van der Waals surface area contributed by atoms with Crippen molar-refractivity contribution in [3.8, 4) is 28.7 Å². The molecule has 1 aliphatic rings. The smallest absolute Gasteiger partial charge is 0.254 e. The van der Waals surface area contributed by atoms with E-state index in [1.807, 2.05) is 55.5 Å². The van der Waals surface area contributed by atoms with Gasteiger partial charge in [0.05, 0.1) is 35.0 Å². The summed E-state index contributed by atoms with van der Waals surface area (Å²) < 4.78 is 27.4. The SMILES string of the molecule is CCOc1ccc(C(=CC(=O)N2CCN(C(=O)c3cc(OC)c(OC)c(OC)c3)CC2)c2ccccc2)cc1OC. The highest BCUT2D eigenvalue weighted by Gasteiger charge is 2.26. The number of rotatable bonds is 10. The number of amides is 2. The van der Waals surface area contributed by atoms with E-state index < -0.39 is 0 Å². The third kappa shape index (κ3) is 6.57. The van der Waals surface area contributed by atoms with Crippen molar-refractivity contribution in [2.45, 2.75) is 6.92 Å². The van der Waals surface area contributed by atoms with Crippen LogP contribution in [0.5, 0.6) is 28.7 Å². The number of nitrogens with zero attached hydrogens (tertiary/aromatic N) is 2. The van der Waals surface area contributed by atoms with Gasteiger partial charge in [-0.3, -0.25) is 9.59 Å². The molecular weight excluding hydrogens is 524 g/mol. The van der Waals surface area contributed by atoms with E-state index in [-0.39, 0.29) is 11.8 Å². The molecule has 0 N–H and O–H groups in total. The lowest BCUT2D eigenvalue weighted by Crippen LogP contribution is -2.50. The van der Waals surface area contributed by atoms with Gasteiger partial charge in [-0.2, -0.15) is 0 Å². The standard InChI is InChI=1S/C32H36N2O7/c1-6-41-26-13-12-23(18-27(26)37-2)25(22-10-8-7-9-11-22)21-30(35)33-14-16-34(17-15-33)32(36)24-19-28(38-3)31(40-5)29(20-24)39-4/h7-13,18-21H,6,14-17H2,1-5H3. The van der Waals surface area contributed by atoms with Crippen molar-refractivity contribution in [2.75, 3.05) is 61.2 Å². The Morgan fingerprint density at radius 3 is 1.83 bits per heavy atom. The molecule has 0 aliphatic carbocycles. The number of hydrogen-bond donors (Lipinski definition) is 0. The van der Waals surface area contributed by atoms with Gasteiger partial charge in [0, 0.05) is 37.8 Å². The van der Waals surface area contributed by atoms with Crippen LogP contribution in [-0.4, -0.2) is 82.8 Å². The second-order valence-corrected chi connectivity index (χ2v) is 9.25. The van der Waals surface area contributed by atoms with Gasteiger partial charge in [-0.15, -0.1) is 0 Å². The Kier molecular flexibility index (Phi) is 9.73. The van der Waals surface area contributed by atoms with Crippen LogP contribution in [0.15, 0.2) is 66.7 Å². The predicted octanol–water partition coefficient (Wildman–Crippen LogP) is 4.54. The van der Waals surface area contributed by atoms with Crippen LogP contribution in [0.4, 0.5) is 0 Å². The molecule has 2 amide bonds. The van der Waals surface area contributed by atoms with Crippen LogP contribution in [0.1, 0.15) is 28.4 Å². The summed E-state index contributed by atoms with van der Waals surface area (Å²) in [6.07, 6.45) is 1.65. The molecule has 9 heteroatoms. The quantitative estimate of drug-likeness (QED) is 0.337. The van der Waals surface area contributed by atoms with E-state index in [1.54, 1.807) is 35.1 Å². The van der Waals surface area contributed by atoms with E-state index in [0.717, 1.165) is 16.7 Å². The lowest BCUT2D eigenvalue weighted by Gasteiger charge is -2.34. The van der Waals surface area contributed by atoms with Crippen LogP contribution in [-0.2, 0) is 4.79 Å². The highest BCUT2D eigenvalue weighted by Crippen LogP contribution is 2.38. The van der Waals surface area contributed by atoms with E-state index in [4.69, 9.17) is 23.7 Å². The minimum Gasteiger partial charge on any atom is -0.493 e. The first-order valence-electron chi connectivity index (χ1n) is 13.4. The van der Waals surface area contributed by atoms with Gasteiger partial charge in [0.1, 0.15) is 0 Å². The Hall–Kier alpha value is -4.66. The fraction of sp³-hybridized carbons (Fsp3) is 0.312. The molecular formula is C32H36N2O7. The maximum atomic E-state index is 13.5. The largest absolute Gasteiger partial charge is 0.493 e. The molecule has 0 atom stereocenters. The summed E-state index contributed by atoms with van der Waals surface area (Å²) in [4.78, 5) is 30.3. The Labute approximate surface area is 240 Å². The fourth-order valence-electron chi connectivity index (χ4n) is 4.79. The molecule has 0 unspecified atom stereocenters. The number of piperazine rings is 1. The van der Waals surface area contributed by atoms with Gasteiger partial charge in [0.25, 0.3) is 5.91 Å². The zero-order valence-corrected chi connectivity index (χ0v) is 24.1. The summed E-state index contributed by atoms with van der Waals surface area (Å²) in [6, 6.07) is 18.7. The summed E-state index contributed by atoms with van der Waals surface area (Å²) in [5.74, 6) is 2.19. The fourth-order valence-corrected chi connectivity index (χ4v) is 4.79. The van der Waals surface area contributed by atoms with Crippen molar-refractivity contribution in [2.24, 2.45) is 0 Å². The normalized spacial score (nSPS) is 13.4. The molecule has 4 rings (SSSR count). The van der Waals surface area contributed by atoms with Crippen molar-refractivity contribution in [3.63, 3.8) is 0 Å². The third-order valence-electron chi connectivity index (χ3n) is 6.92. The number of benzene rings is 3. The summed E-state index contributed by atoms with van der Waals surface area (Å²) >= 11 is 0. The minimum absolute atomic E-state index is 0.128. The highest BCUT2D eigenvalue weighted by molar-refractivity contribution is 6.00. The lowest BCUT2D eigenvalue weighted by molar-refractivity contribution is -0.127. The van der Waals surface area contributed by atoms with E-state index in [1.165, 1.54) is 21.3 Å². The number of ether oxygens (including phenoxy) is 5. The average molecular weight is 561 g/mol. The molecule has 1 fully saturated rings. The molecule has 0 saturated carbocycles. The zero-order valence-electron chi connectivity index (χ0n) is 24.1. The van der Waals surface area contributed by atoms with Crippen molar-refractivity contribution in [1.82, 2.24) is 9.80 Å². The van der Waals surface area contributed by atoms with Crippen molar-refractivity contribution in [1.29, 1.82) is 0 Å². The van der Waals surface area contributed by atoms with Crippen LogP contribution in [0.25, 0.3) is 5.57 Å². The molecule has 9 nitrogen and oxygen atoms in total. The first-order valence-corrected chi connectivity index (χ1v) is 13.4. The van der Waals surface area contributed by atoms with E-state index in [2.05, 4.69) is 0 Å². The molecule has 0 bridgehead atoms. The van der Waals surface area contributed by atoms with Gasteiger partial charge in [0.15, 0.2) is 23.0 Å². The molecule has 1 aliphatic heterocycles. The Balaban J connectivity index is 1.53. The van der Waals surface area contributed by atoms with Crippen LogP contribution in [0.3, 0.4) is 0 Å². The van der Waals surface area contributed by atoms with Crippen molar-refractivity contribution in [3.05, 3.63) is 83.4 Å². The number of carbonyl (C=O) groups excluding carboxylic acids is 2.